The molecule has 0 fully saturated rings. The molecule has 0 rings (SSSR count). The standard InChI is InChI=1S/C11H14Cl2O3.C2H2/c1-3-16-11(15)7-10(14)5-4-9(13)6-8(2)12;1-2/h4,6H,3,5,7H2,1-2H3;1-2H/b8-6+,9-4+;. The monoisotopic (exact) mass is 290 g/mol. The highest BCUT2D eigenvalue weighted by Crippen LogP contribution is 2.11. The largest absolute Gasteiger partial charge is 0.466 e. The first kappa shape index (κ1) is 19.1. The van der Waals surface area contributed by atoms with Crippen LogP contribution < -0.4 is 0 Å². The summed E-state index contributed by atoms with van der Waals surface area (Å²) in [6.07, 6.45) is 10.9. The minimum Gasteiger partial charge on any atom is -0.466 e. The normalized spacial score (nSPS) is 11.2. The van der Waals surface area contributed by atoms with Gasteiger partial charge in [0.05, 0.1) is 6.61 Å². The molecule has 0 aliphatic heterocycles. The van der Waals surface area contributed by atoms with Crippen molar-refractivity contribution in [2.75, 3.05) is 6.61 Å². The van der Waals surface area contributed by atoms with E-state index in [4.69, 9.17) is 23.2 Å². The van der Waals surface area contributed by atoms with E-state index in [1.165, 1.54) is 12.2 Å². The van der Waals surface area contributed by atoms with Gasteiger partial charge >= 0.3 is 5.97 Å². The number of ether oxygens (including phenoxy) is 1. The van der Waals surface area contributed by atoms with Gasteiger partial charge in [-0.3, -0.25) is 9.59 Å². The van der Waals surface area contributed by atoms with Crippen molar-refractivity contribution in [3.63, 3.8) is 0 Å². The topological polar surface area (TPSA) is 43.4 Å². The van der Waals surface area contributed by atoms with E-state index < -0.39 is 5.97 Å². The average Bonchev–Trinajstić information content (AvgIpc) is 2.28. The summed E-state index contributed by atoms with van der Waals surface area (Å²) >= 11 is 11.3. The van der Waals surface area contributed by atoms with Gasteiger partial charge < -0.3 is 4.74 Å². The molecule has 0 heterocycles. The van der Waals surface area contributed by atoms with E-state index in [9.17, 15) is 9.59 Å². The van der Waals surface area contributed by atoms with Crippen LogP contribution in [0.3, 0.4) is 0 Å². The fourth-order valence-corrected chi connectivity index (χ4v) is 1.32. The van der Waals surface area contributed by atoms with Crippen LogP contribution in [0.5, 0.6) is 0 Å². The Kier molecular flexibility index (Phi) is 13.0. The van der Waals surface area contributed by atoms with Gasteiger partial charge in [0.2, 0.25) is 0 Å². The molecule has 0 aliphatic rings. The summed E-state index contributed by atoms with van der Waals surface area (Å²) in [7, 11) is 0. The first-order valence-corrected chi connectivity index (χ1v) is 5.91. The quantitative estimate of drug-likeness (QED) is 0.326. The van der Waals surface area contributed by atoms with E-state index >= 15 is 0 Å². The summed E-state index contributed by atoms with van der Waals surface area (Å²) in [5, 5.41) is 0.906. The van der Waals surface area contributed by atoms with Crippen molar-refractivity contribution in [3.05, 3.63) is 22.2 Å². The van der Waals surface area contributed by atoms with Crippen LogP contribution in [0.2, 0.25) is 0 Å². The zero-order chi connectivity index (χ0) is 14.6. The molecule has 0 radical (unpaired) electrons. The van der Waals surface area contributed by atoms with E-state index in [0.717, 1.165) is 0 Å². The van der Waals surface area contributed by atoms with Gasteiger partial charge in [-0.25, -0.2) is 0 Å². The highest BCUT2D eigenvalue weighted by atomic mass is 35.5. The third-order valence-corrected chi connectivity index (χ3v) is 1.88. The van der Waals surface area contributed by atoms with Crippen LogP contribution in [0.25, 0.3) is 0 Å². The van der Waals surface area contributed by atoms with Crippen LogP contribution in [-0.4, -0.2) is 18.4 Å². The number of carbonyl (C=O) groups excluding carboxylic acids is 2. The number of esters is 1. The van der Waals surface area contributed by atoms with Gasteiger partial charge in [0, 0.05) is 16.5 Å². The number of hydrogen-bond donors (Lipinski definition) is 0. The Hall–Kier alpha value is -1.24. The second-order valence-corrected chi connectivity index (χ2v) is 4.08. The Morgan fingerprint density at radius 1 is 1.28 bits per heavy atom. The van der Waals surface area contributed by atoms with Crippen LogP contribution in [0, 0.1) is 12.8 Å². The maximum absolute atomic E-state index is 11.3. The molecule has 5 heteroatoms. The van der Waals surface area contributed by atoms with Gasteiger partial charge in [0.25, 0.3) is 0 Å². The maximum atomic E-state index is 11.3. The Balaban J connectivity index is 0. The number of rotatable bonds is 6. The van der Waals surface area contributed by atoms with Gasteiger partial charge in [0.15, 0.2) is 0 Å². The Labute approximate surface area is 118 Å². The second kappa shape index (κ2) is 12.2. The molecule has 0 aromatic carbocycles. The first-order chi connectivity index (χ1) is 8.45. The second-order valence-electron chi connectivity index (χ2n) is 3.04. The zero-order valence-electron chi connectivity index (χ0n) is 10.4. The smallest absolute Gasteiger partial charge is 0.313 e. The molecule has 3 nitrogen and oxygen atoms in total. The predicted molar refractivity (Wildman–Crippen MR) is 74.3 cm³/mol. The molecular weight excluding hydrogens is 275 g/mol. The molecule has 18 heavy (non-hydrogen) atoms. The van der Waals surface area contributed by atoms with Crippen molar-refractivity contribution in [2.45, 2.75) is 26.7 Å². The molecule has 0 saturated heterocycles. The molecule has 0 aromatic rings. The maximum Gasteiger partial charge on any atom is 0.313 e. The van der Waals surface area contributed by atoms with Gasteiger partial charge in [-0.05, 0) is 19.9 Å². The van der Waals surface area contributed by atoms with Crippen LogP contribution in [0.15, 0.2) is 22.2 Å². The predicted octanol–water partition coefficient (Wildman–Crippen LogP) is 3.41. The molecular formula is C13H16Cl2O3. The molecule has 0 aliphatic carbocycles. The summed E-state index contributed by atoms with van der Waals surface area (Å²) in [6.45, 7) is 3.64. The van der Waals surface area contributed by atoms with Crippen LogP contribution in [0.1, 0.15) is 26.7 Å². The van der Waals surface area contributed by atoms with E-state index in [-0.39, 0.29) is 25.2 Å². The number of hydrogen-bond acceptors (Lipinski definition) is 3. The number of carbonyl (C=O) groups is 2. The van der Waals surface area contributed by atoms with Crippen molar-refractivity contribution in [3.8, 4) is 12.8 Å². The van der Waals surface area contributed by atoms with Crippen molar-refractivity contribution >= 4 is 35.0 Å². The summed E-state index contributed by atoms with van der Waals surface area (Å²) in [4.78, 5) is 22.2. The summed E-state index contributed by atoms with van der Waals surface area (Å²) in [5.74, 6) is -0.752. The highest BCUT2D eigenvalue weighted by Gasteiger charge is 2.08. The van der Waals surface area contributed by atoms with E-state index in [1.54, 1.807) is 13.8 Å². The van der Waals surface area contributed by atoms with Gasteiger partial charge in [-0.15, -0.1) is 12.8 Å². The number of halogens is 2. The third kappa shape index (κ3) is 12.8. The summed E-state index contributed by atoms with van der Waals surface area (Å²) in [5.41, 5.74) is 0. The van der Waals surface area contributed by atoms with Gasteiger partial charge in [-0.2, -0.15) is 0 Å². The van der Waals surface area contributed by atoms with Crippen molar-refractivity contribution in [1.29, 1.82) is 0 Å². The number of allylic oxidation sites excluding steroid dienone is 4. The first-order valence-electron chi connectivity index (χ1n) is 5.15. The Morgan fingerprint density at radius 3 is 2.28 bits per heavy atom. The number of ketones is 1. The fourth-order valence-electron chi connectivity index (χ4n) is 0.905. The van der Waals surface area contributed by atoms with Crippen LogP contribution in [0.4, 0.5) is 0 Å². The Morgan fingerprint density at radius 2 is 1.83 bits per heavy atom. The molecule has 0 spiro atoms. The molecule has 0 N–H and O–H groups in total. The fraction of sp³-hybridized carbons (Fsp3) is 0.385. The molecule has 0 atom stereocenters. The molecule has 0 aromatic heterocycles. The van der Waals surface area contributed by atoms with Crippen LogP contribution in [-0.2, 0) is 14.3 Å². The highest BCUT2D eigenvalue weighted by molar-refractivity contribution is 6.34. The van der Waals surface area contributed by atoms with E-state index in [1.807, 2.05) is 0 Å². The zero-order valence-corrected chi connectivity index (χ0v) is 11.9. The van der Waals surface area contributed by atoms with Crippen molar-refractivity contribution in [1.82, 2.24) is 0 Å². The lowest BCUT2D eigenvalue weighted by molar-refractivity contribution is -0.145. The lowest BCUT2D eigenvalue weighted by atomic mass is 10.2. The van der Waals surface area contributed by atoms with E-state index in [0.29, 0.717) is 10.1 Å². The third-order valence-electron chi connectivity index (χ3n) is 1.51. The minimum atomic E-state index is -0.513. The lowest BCUT2D eigenvalue weighted by Gasteiger charge is -1.99. The van der Waals surface area contributed by atoms with Crippen molar-refractivity contribution in [2.24, 2.45) is 0 Å². The lowest BCUT2D eigenvalue weighted by Crippen LogP contribution is -2.10. The molecule has 0 amide bonds. The van der Waals surface area contributed by atoms with Crippen molar-refractivity contribution < 1.29 is 14.3 Å². The Bertz CT molecular complexity index is 350. The number of Topliss-reactive ketones (excluding diaryl/α,β-unsaturated/α-hetero) is 1. The minimum absolute atomic E-state index is 0.0956. The molecule has 100 valence electrons. The molecule has 0 saturated carbocycles. The molecule has 0 unspecified atom stereocenters. The van der Waals surface area contributed by atoms with E-state index in [2.05, 4.69) is 17.6 Å². The SMILES string of the molecule is C#C.CCOC(=O)CC(=O)C/C=C(Cl)\C=C(/C)Cl. The van der Waals surface area contributed by atoms with Gasteiger partial charge in [0.1, 0.15) is 12.2 Å². The summed E-state index contributed by atoms with van der Waals surface area (Å²) in [6, 6.07) is 0. The van der Waals surface area contributed by atoms with Crippen LogP contribution >= 0.6 is 23.2 Å². The summed E-state index contributed by atoms with van der Waals surface area (Å²) < 4.78 is 4.64. The number of terminal acetylenes is 1. The molecule has 0 bridgehead atoms. The average molecular weight is 291 g/mol. The van der Waals surface area contributed by atoms with Gasteiger partial charge in [-0.1, -0.05) is 29.3 Å².